The van der Waals surface area contributed by atoms with Crippen LogP contribution < -0.4 is 4.90 Å². The van der Waals surface area contributed by atoms with Crippen LogP contribution in [0.4, 0.5) is 9.52 Å². The first-order chi connectivity index (χ1) is 14.8. The molecular formula is C20H20ClFN4O2S3. The SMILES string of the molecule is O=S(=O)(c1ccc(Cl)s1)N1CCC2(CC1)CN(c1nc(Cc3ccc(F)cc3)ns1)C2. The summed E-state index contributed by atoms with van der Waals surface area (Å²) in [5, 5.41) is 0.894. The summed E-state index contributed by atoms with van der Waals surface area (Å²) in [5.74, 6) is 0.489. The quantitative estimate of drug-likeness (QED) is 0.525. The van der Waals surface area contributed by atoms with Crippen LogP contribution in [0.1, 0.15) is 24.2 Å². The molecule has 164 valence electrons. The van der Waals surface area contributed by atoms with Gasteiger partial charge < -0.3 is 4.90 Å². The normalized spacial score (nSPS) is 19.0. The summed E-state index contributed by atoms with van der Waals surface area (Å²) in [7, 11) is -3.46. The Balaban J connectivity index is 1.17. The van der Waals surface area contributed by atoms with Crippen molar-refractivity contribution < 1.29 is 12.8 Å². The fourth-order valence-corrected chi connectivity index (χ4v) is 7.97. The highest BCUT2D eigenvalue weighted by molar-refractivity contribution is 7.91. The Morgan fingerprint density at radius 1 is 1.10 bits per heavy atom. The average Bonchev–Trinajstić information content (AvgIpc) is 3.37. The lowest BCUT2D eigenvalue weighted by Gasteiger charge is -2.53. The van der Waals surface area contributed by atoms with Gasteiger partial charge in [-0.05, 0) is 42.7 Å². The van der Waals surface area contributed by atoms with Gasteiger partial charge in [0, 0.05) is 49.5 Å². The van der Waals surface area contributed by atoms with Gasteiger partial charge in [0.1, 0.15) is 15.9 Å². The van der Waals surface area contributed by atoms with Gasteiger partial charge in [0.2, 0.25) is 5.13 Å². The molecule has 0 saturated carbocycles. The number of thiophene rings is 1. The lowest BCUT2D eigenvalue weighted by Crippen LogP contribution is -2.60. The number of nitrogens with zero attached hydrogens (tertiary/aromatic N) is 4. The van der Waals surface area contributed by atoms with Crippen LogP contribution in [-0.2, 0) is 16.4 Å². The number of hydrogen-bond donors (Lipinski definition) is 0. The number of benzene rings is 1. The van der Waals surface area contributed by atoms with Crippen molar-refractivity contribution in [1.29, 1.82) is 0 Å². The van der Waals surface area contributed by atoms with Crippen molar-refractivity contribution in [1.82, 2.24) is 13.7 Å². The molecule has 0 radical (unpaired) electrons. The largest absolute Gasteiger partial charge is 0.346 e. The average molecular weight is 499 g/mol. The molecule has 11 heteroatoms. The number of hydrogen-bond acceptors (Lipinski definition) is 7. The zero-order valence-electron chi connectivity index (χ0n) is 16.5. The maximum atomic E-state index is 13.1. The Kier molecular flexibility index (Phi) is 5.54. The molecular weight excluding hydrogens is 479 g/mol. The monoisotopic (exact) mass is 498 g/mol. The summed E-state index contributed by atoms with van der Waals surface area (Å²) in [6.07, 6.45) is 2.25. The van der Waals surface area contributed by atoms with Crippen LogP contribution in [0.15, 0.2) is 40.6 Å². The van der Waals surface area contributed by atoms with Crippen LogP contribution in [0.5, 0.6) is 0 Å². The Bertz CT molecular complexity index is 1180. The maximum Gasteiger partial charge on any atom is 0.252 e. The van der Waals surface area contributed by atoms with Crippen molar-refractivity contribution in [3.63, 3.8) is 0 Å². The minimum atomic E-state index is -3.46. The predicted octanol–water partition coefficient (Wildman–Crippen LogP) is 4.27. The van der Waals surface area contributed by atoms with Gasteiger partial charge in [-0.2, -0.15) is 8.68 Å². The van der Waals surface area contributed by atoms with E-state index in [4.69, 9.17) is 11.6 Å². The van der Waals surface area contributed by atoms with E-state index in [2.05, 4.69) is 14.3 Å². The lowest BCUT2D eigenvalue weighted by molar-refractivity contribution is 0.115. The summed E-state index contributed by atoms with van der Waals surface area (Å²) in [6, 6.07) is 9.60. The summed E-state index contributed by atoms with van der Waals surface area (Å²) in [5.41, 5.74) is 1.12. The molecule has 0 amide bonds. The first kappa shape index (κ1) is 21.3. The highest BCUT2D eigenvalue weighted by atomic mass is 35.5. The molecule has 0 bridgehead atoms. The molecule has 0 aliphatic carbocycles. The zero-order valence-corrected chi connectivity index (χ0v) is 19.7. The minimum absolute atomic E-state index is 0.141. The Morgan fingerprint density at radius 3 is 2.45 bits per heavy atom. The van der Waals surface area contributed by atoms with E-state index in [1.165, 1.54) is 23.7 Å². The van der Waals surface area contributed by atoms with E-state index in [0.29, 0.717) is 28.1 Å². The van der Waals surface area contributed by atoms with E-state index in [1.54, 1.807) is 28.6 Å². The number of halogens is 2. The van der Waals surface area contributed by atoms with Crippen molar-refractivity contribution in [3.05, 3.63) is 57.9 Å². The fraction of sp³-hybridized carbons (Fsp3) is 0.400. The van der Waals surface area contributed by atoms with E-state index >= 15 is 0 Å². The van der Waals surface area contributed by atoms with Gasteiger partial charge in [-0.25, -0.2) is 17.8 Å². The van der Waals surface area contributed by atoms with E-state index < -0.39 is 10.0 Å². The Hall–Kier alpha value is -1.59. The van der Waals surface area contributed by atoms with Crippen LogP contribution >= 0.6 is 34.5 Å². The fourth-order valence-electron chi connectivity index (χ4n) is 4.21. The molecule has 1 spiro atoms. The third-order valence-electron chi connectivity index (χ3n) is 5.98. The van der Waals surface area contributed by atoms with Gasteiger partial charge >= 0.3 is 0 Å². The van der Waals surface area contributed by atoms with Crippen molar-refractivity contribution in [2.24, 2.45) is 5.41 Å². The van der Waals surface area contributed by atoms with E-state index in [0.717, 1.165) is 53.8 Å². The van der Waals surface area contributed by atoms with Gasteiger partial charge in [0.15, 0.2) is 0 Å². The smallest absolute Gasteiger partial charge is 0.252 e. The third kappa shape index (κ3) is 4.23. The van der Waals surface area contributed by atoms with Crippen LogP contribution in [0.25, 0.3) is 0 Å². The van der Waals surface area contributed by atoms with Crippen molar-refractivity contribution in [3.8, 4) is 0 Å². The summed E-state index contributed by atoms with van der Waals surface area (Å²) in [6.45, 7) is 2.79. The highest BCUT2D eigenvalue weighted by Gasteiger charge is 2.47. The van der Waals surface area contributed by atoms with Crippen LogP contribution in [0, 0.1) is 11.2 Å². The third-order valence-corrected chi connectivity index (χ3v) is 10.4. The topological polar surface area (TPSA) is 66.4 Å². The van der Waals surface area contributed by atoms with Crippen LogP contribution in [0.2, 0.25) is 4.34 Å². The summed E-state index contributed by atoms with van der Waals surface area (Å²) < 4.78 is 45.5. The molecule has 5 rings (SSSR count). The Labute approximate surface area is 193 Å². The highest BCUT2D eigenvalue weighted by Crippen LogP contribution is 2.44. The molecule has 2 aliphatic heterocycles. The molecule has 0 unspecified atom stereocenters. The second-order valence-corrected chi connectivity index (χ2v) is 12.7. The second-order valence-electron chi connectivity index (χ2n) is 8.12. The molecule has 2 aromatic heterocycles. The Morgan fingerprint density at radius 2 is 1.81 bits per heavy atom. The molecule has 2 saturated heterocycles. The number of rotatable bonds is 5. The van der Waals surface area contributed by atoms with E-state index in [9.17, 15) is 12.8 Å². The number of piperidine rings is 1. The van der Waals surface area contributed by atoms with Gasteiger partial charge in [0.25, 0.3) is 10.0 Å². The van der Waals surface area contributed by atoms with Crippen LogP contribution in [0.3, 0.4) is 0 Å². The molecule has 2 fully saturated rings. The first-order valence-electron chi connectivity index (χ1n) is 9.91. The van der Waals surface area contributed by atoms with Gasteiger partial charge in [0.05, 0.1) is 4.34 Å². The summed E-state index contributed by atoms with van der Waals surface area (Å²) in [4.78, 5) is 6.86. The number of aromatic nitrogens is 2. The maximum absolute atomic E-state index is 13.1. The van der Waals surface area contributed by atoms with Crippen LogP contribution in [-0.4, -0.2) is 48.3 Å². The minimum Gasteiger partial charge on any atom is -0.346 e. The van der Waals surface area contributed by atoms with Crippen molar-refractivity contribution in [2.75, 3.05) is 31.1 Å². The van der Waals surface area contributed by atoms with Gasteiger partial charge in [-0.3, -0.25) is 0 Å². The number of sulfonamides is 1. The molecule has 0 atom stereocenters. The summed E-state index contributed by atoms with van der Waals surface area (Å²) >= 11 is 8.40. The molecule has 31 heavy (non-hydrogen) atoms. The van der Waals surface area contributed by atoms with Gasteiger partial charge in [-0.1, -0.05) is 23.7 Å². The molecule has 0 N–H and O–H groups in total. The van der Waals surface area contributed by atoms with Crippen molar-refractivity contribution in [2.45, 2.75) is 23.5 Å². The van der Waals surface area contributed by atoms with Crippen molar-refractivity contribution >= 4 is 49.6 Å². The number of anilines is 1. The second kappa shape index (κ2) is 8.08. The van der Waals surface area contributed by atoms with E-state index in [1.807, 2.05) is 0 Å². The lowest BCUT2D eigenvalue weighted by atomic mass is 9.73. The predicted molar refractivity (Wildman–Crippen MR) is 121 cm³/mol. The zero-order chi connectivity index (χ0) is 21.6. The molecule has 1 aromatic carbocycles. The molecule has 3 aromatic rings. The molecule has 4 heterocycles. The first-order valence-corrected chi connectivity index (χ1v) is 13.3. The standard InChI is InChI=1S/C20H20ClFN4O2S3/c21-16-5-6-18(29-16)31(27,28)26-9-7-20(8-10-26)12-25(13-20)19-23-17(24-30-19)11-14-1-3-15(22)4-2-14/h1-6H,7-13H2. The van der Waals surface area contributed by atoms with Gasteiger partial charge in [-0.15, -0.1) is 11.3 Å². The molecule has 6 nitrogen and oxygen atoms in total. The van der Waals surface area contributed by atoms with E-state index in [-0.39, 0.29) is 11.2 Å². The molecule has 2 aliphatic rings.